The second-order valence-electron chi connectivity index (χ2n) is 5.74. The predicted molar refractivity (Wildman–Crippen MR) is 88.9 cm³/mol. The molecule has 0 saturated carbocycles. The molecule has 5 rings (SSSR count). The molecule has 1 atom stereocenters. The van der Waals surface area contributed by atoms with Crippen molar-refractivity contribution in [2.45, 2.75) is 5.79 Å². The smallest absolute Gasteiger partial charge is 0.299 e. The van der Waals surface area contributed by atoms with Gasteiger partial charge in [0.05, 0.1) is 12.7 Å². The molecule has 1 spiro atoms. The fraction of sp³-hybridized carbons (Fsp3) is 0.100. The summed E-state index contributed by atoms with van der Waals surface area (Å²) in [5, 5.41) is 2.09. The lowest BCUT2D eigenvalue weighted by atomic mass is 9.96. The van der Waals surface area contributed by atoms with Gasteiger partial charge in [0.15, 0.2) is 0 Å². The average Bonchev–Trinajstić information content (AvgIpc) is 2.90. The Hall–Kier alpha value is -2.94. The Balaban J connectivity index is 1.76. The third kappa shape index (κ3) is 1.59. The summed E-state index contributed by atoms with van der Waals surface area (Å²) in [5.74, 6) is 1.58. The number of rotatable bonds is 1. The van der Waals surface area contributed by atoms with Crippen molar-refractivity contribution in [3.8, 4) is 17.2 Å². The molecule has 1 unspecified atom stereocenters. The first-order valence-electron chi connectivity index (χ1n) is 7.57. The van der Waals surface area contributed by atoms with Crippen LogP contribution in [0.2, 0.25) is 0 Å². The van der Waals surface area contributed by atoms with E-state index in [0.717, 1.165) is 39.1 Å². The summed E-state index contributed by atoms with van der Waals surface area (Å²) in [5.41, 5.74) is 2.07. The molecular formula is C20H14O3. The van der Waals surface area contributed by atoms with Crippen molar-refractivity contribution >= 4 is 16.8 Å². The van der Waals surface area contributed by atoms with Crippen LogP contribution < -0.4 is 14.2 Å². The molecule has 0 aliphatic carbocycles. The van der Waals surface area contributed by atoms with Gasteiger partial charge in [-0.05, 0) is 30.3 Å². The SMILES string of the molecule is COc1ccc2c3c(cccc13)OC21C=Cc2ccccc2O1. The van der Waals surface area contributed by atoms with E-state index in [1.54, 1.807) is 7.11 Å². The molecule has 23 heavy (non-hydrogen) atoms. The van der Waals surface area contributed by atoms with E-state index in [1.807, 2.05) is 60.7 Å². The first-order valence-corrected chi connectivity index (χ1v) is 7.57. The quantitative estimate of drug-likeness (QED) is 0.662. The lowest BCUT2D eigenvalue weighted by Crippen LogP contribution is -2.36. The summed E-state index contributed by atoms with van der Waals surface area (Å²) in [6, 6.07) is 18.0. The molecule has 0 saturated heterocycles. The van der Waals surface area contributed by atoms with Crippen LogP contribution in [0.4, 0.5) is 0 Å². The molecule has 0 bridgehead atoms. The van der Waals surface area contributed by atoms with Crippen molar-refractivity contribution in [2.24, 2.45) is 0 Å². The summed E-state index contributed by atoms with van der Waals surface area (Å²) >= 11 is 0. The highest BCUT2D eigenvalue weighted by atomic mass is 16.7. The molecule has 3 heteroatoms. The molecule has 3 nitrogen and oxygen atoms in total. The predicted octanol–water partition coefficient (Wildman–Crippen LogP) is 4.50. The average molecular weight is 302 g/mol. The highest BCUT2D eigenvalue weighted by Gasteiger charge is 2.44. The lowest BCUT2D eigenvalue weighted by Gasteiger charge is -2.31. The zero-order chi connectivity index (χ0) is 15.4. The summed E-state index contributed by atoms with van der Waals surface area (Å²) in [6.45, 7) is 0. The summed E-state index contributed by atoms with van der Waals surface area (Å²) in [4.78, 5) is 0. The third-order valence-electron chi connectivity index (χ3n) is 4.48. The molecule has 2 heterocycles. The number of fused-ring (bicyclic) bond motifs is 2. The summed E-state index contributed by atoms with van der Waals surface area (Å²) < 4.78 is 18.0. The minimum Gasteiger partial charge on any atom is -0.496 e. The van der Waals surface area contributed by atoms with Crippen LogP contribution in [0, 0.1) is 0 Å². The molecule has 0 N–H and O–H groups in total. The van der Waals surface area contributed by atoms with E-state index in [9.17, 15) is 0 Å². The van der Waals surface area contributed by atoms with E-state index in [2.05, 4.69) is 6.08 Å². The maximum absolute atomic E-state index is 6.28. The van der Waals surface area contributed by atoms with Crippen LogP contribution in [0.1, 0.15) is 11.1 Å². The maximum Gasteiger partial charge on any atom is 0.299 e. The van der Waals surface area contributed by atoms with Crippen LogP contribution in [0.5, 0.6) is 17.2 Å². The van der Waals surface area contributed by atoms with E-state index in [1.165, 1.54) is 0 Å². The second kappa shape index (κ2) is 4.29. The van der Waals surface area contributed by atoms with E-state index in [4.69, 9.17) is 14.2 Å². The number of methoxy groups -OCH3 is 1. The van der Waals surface area contributed by atoms with Gasteiger partial charge in [0.2, 0.25) is 0 Å². The van der Waals surface area contributed by atoms with E-state index >= 15 is 0 Å². The molecule has 3 aromatic rings. The largest absolute Gasteiger partial charge is 0.496 e. The van der Waals surface area contributed by atoms with Gasteiger partial charge in [-0.25, -0.2) is 0 Å². The fourth-order valence-electron chi connectivity index (χ4n) is 3.43. The van der Waals surface area contributed by atoms with Crippen molar-refractivity contribution in [1.29, 1.82) is 0 Å². The molecule has 0 fully saturated rings. The van der Waals surface area contributed by atoms with E-state index < -0.39 is 5.79 Å². The van der Waals surface area contributed by atoms with Gasteiger partial charge in [0.1, 0.15) is 17.2 Å². The van der Waals surface area contributed by atoms with Crippen molar-refractivity contribution < 1.29 is 14.2 Å². The number of para-hydroxylation sites is 1. The Morgan fingerprint density at radius 1 is 0.870 bits per heavy atom. The zero-order valence-corrected chi connectivity index (χ0v) is 12.6. The molecule has 0 radical (unpaired) electrons. The highest BCUT2D eigenvalue weighted by Crippen LogP contribution is 2.50. The van der Waals surface area contributed by atoms with E-state index in [-0.39, 0.29) is 0 Å². The Morgan fingerprint density at radius 3 is 2.61 bits per heavy atom. The minimum atomic E-state index is -0.900. The van der Waals surface area contributed by atoms with Crippen molar-refractivity contribution in [3.05, 3.63) is 71.8 Å². The number of hydrogen-bond acceptors (Lipinski definition) is 3. The first kappa shape index (κ1) is 12.6. The summed E-state index contributed by atoms with van der Waals surface area (Å²) in [6.07, 6.45) is 4.04. The Bertz CT molecular complexity index is 974. The van der Waals surface area contributed by atoms with Gasteiger partial charge in [-0.1, -0.05) is 30.3 Å². The number of hydrogen-bond donors (Lipinski definition) is 0. The van der Waals surface area contributed by atoms with Gasteiger partial charge < -0.3 is 14.2 Å². The van der Waals surface area contributed by atoms with Gasteiger partial charge in [0, 0.05) is 22.4 Å². The van der Waals surface area contributed by atoms with Gasteiger partial charge in [-0.2, -0.15) is 0 Å². The molecule has 2 aliphatic rings. The Kier molecular flexibility index (Phi) is 2.35. The van der Waals surface area contributed by atoms with Gasteiger partial charge in [-0.3, -0.25) is 0 Å². The molecule has 2 aliphatic heterocycles. The number of ether oxygens (including phenoxy) is 3. The first-order chi connectivity index (χ1) is 11.3. The fourth-order valence-corrected chi connectivity index (χ4v) is 3.43. The summed E-state index contributed by atoms with van der Waals surface area (Å²) in [7, 11) is 1.68. The number of benzene rings is 3. The van der Waals surface area contributed by atoms with Crippen molar-refractivity contribution in [3.63, 3.8) is 0 Å². The monoisotopic (exact) mass is 302 g/mol. The van der Waals surface area contributed by atoms with Crippen molar-refractivity contribution in [2.75, 3.05) is 7.11 Å². The zero-order valence-electron chi connectivity index (χ0n) is 12.6. The molecule has 0 aromatic heterocycles. The van der Waals surface area contributed by atoms with Crippen LogP contribution in [0.3, 0.4) is 0 Å². The van der Waals surface area contributed by atoms with Crippen LogP contribution in [0.25, 0.3) is 16.8 Å². The highest BCUT2D eigenvalue weighted by molar-refractivity contribution is 5.98. The maximum atomic E-state index is 6.28. The minimum absolute atomic E-state index is 0.820. The van der Waals surface area contributed by atoms with E-state index in [0.29, 0.717) is 0 Å². The Labute approximate surface area is 133 Å². The topological polar surface area (TPSA) is 27.7 Å². The van der Waals surface area contributed by atoms with Gasteiger partial charge in [-0.15, -0.1) is 0 Å². The van der Waals surface area contributed by atoms with Crippen LogP contribution in [-0.2, 0) is 5.79 Å². The Morgan fingerprint density at radius 2 is 1.70 bits per heavy atom. The van der Waals surface area contributed by atoms with Crippen LogP contribution >= 0.6 is 0 Å². The second-order valence-corrected chi connectivity index (χ2v) is 5.74. The molecule has 112 valence electrons. The molecular weight excluding hydrogens is 288 g/mol. The van der Waals surface area contributed by atoms with Gasteiger partial charge >= 0.3 is 0 Å². The van der Waals surface area contributed by atoms with Crippen LogP contribution in [-0.4, -0.2) is 7.11 Å². The third-order valence-corrected chi connectivity index (χ3v) is 4.48. The van der Waals surface area contributed by atoms with Crippen LogP contribution in [0.15, 0.2) is 60.7 Å². The lowest BCUT2D eigenvalue weighted by molar-refractivity contribution is -0.0685. The standard InChI is InChI=1S/C20H14O3/c1-21-17-10-9-15-19-14(17)6-4-8-18(19)23-20(15)12-11-13-5-2-3-7-16(13)22-20/h2-12H,1H3. The molecule has 0 amide bonds. The van der Waals surface area contributed by atoms with Gasteiger partial charge in [0.25, 0.3) is 5.79 Å². The van der Waals surface area contributed by atoms with Crippen molar-refractivity contribution in [1.82, 2.24) is 0 Å². The normalized spacial score (nSPS) is 20.2. The molecule has 3 aromatic carbocycles.